The molecule has 1 aliphatic heterocycles. The van der Waals surface area contributed by atoms with Crippen molar-refractivity contribution in [2.75, 3.05) is 25.0 Å². The minimum absolute atomic E-state index is 0. The Kier molecular flexibility index (Phi) is 6.07. The van der Waals surface area contributed by atoms with Crippen molar-refractivity contribution in [2.24, 2.45) is 5.92 Å². The van der Waals surface area contributed by atoms with E-state index in [1.165, 1.54) is 26.1 Å². The molecule has 1 atom stereocenters. The van der Waals surface area contributed by atoms with Crippen molar-refractivity contribution in [3.05, 3.63) is 0 Å². The highest BCUT2D eigenvalue weighted by molar-refractivity contribution is 9.09. The fourth-order valence-electron chi connectivity index (χ4n) is 1.35. The van der Waals surface area contributed by atoms with Gasteiger partial charge in [0, 0.05) is 18.4 Å². The van der Waals surface area contributed by atoms with Crippen LogP contribution in [0.1, 0.15) is 13.3 Å². The maximum absolute atomic E-state index is 3.44. The van der Waals surface area contributed by atoms with Crippen LogP contribution in [0.5, 0.6) is 0 Å². The van der Waals surface area contributed by atoms with Gasteiger partial charge in [-0.15, -0.1) is 17.0 Å². The highest BCUT2D eigenvalue weighted by Crippen LogP contribution is 2.14. The summed E-state index contributed by atoms with van der Waals surface area (Å²) in [5, 5.41) is 1.12. The molecule has 0 aromatic carbocycles. The zero-order valence-electron chi connectivity index (χ0n) is 6.35. The molecular weight excluding hydrogens is 258 g/mol. The van der Waals surface area contributed by atoms with E-state index in [1.54, 1.807) is 0 Å². The Labute approximate surface area is 82.1 Å². The summed E-state index contributed by atoms with van der Waals surface area (Å²) >= 11 is 3.44. The Balaban J connectivity index is 0.000000810. The van der Waals surface area contributed by atoms with Crippen molar-refractivity contribution in [1.82, 2.24) is 4.90 Å². The monoisotopic (exact) mass is 271 g/mol. The molecule has 0 amide bonds. The molecule has 62 valence electrons. The molecule has 10 heavy (non-hydrogen) atoms. The first kappa shape index (κ1) is 10.9. The molecule has 1 heterocycles. The van der Waals surface area contributed by atoms with Gasteiger partial charge in [-0.25, -0.2) is 0 Å². The second-order valence-electron chi connectivity index (χ2n) is 2.88. The summed E-state index contributed by atoms with van der Waals surface area (Å²) in [6, 6.07) is 0. The van der Waals surface area contributed by atoms with E-state index in [1.807, 2.05) is 0 Å². The van der Waals surface area contributed by atoms with Crippen molar-refractivity contribution >= 4 is 32.9 Å². The molecule has 0 saturated carbocycles. The van der Waals surface area contributed by atoms with E-state index < -0.39 is 0 Å². The third-order valence-corrected chi connectivity index (χ3v) is 2.26. The maximum atomic E-state index is 3.44. The Hall–Kier alpha value is 0.920. The van der Waals surface area contributed by atoms with Crippen molar-refractivity contribution in [1.29, 1.82) is 0 Å². The third kappa shape index (κ3) is 3.35. The molecule has 1 nitrogen and oxygen atoms in total. The molecule has 0 aliphatic carbocycles. The van der Waals surface area contributed by atoms with Crippen LogP contribution in [0.3, 0.4) is 0 Å². The normalized spacial score (nSPS) is 26.4. The Morgan fingerprint density at radius 3 is 2.70 bits per heavy atom. The van der Waals surface area contributed by atoms with Crippen molar-refractivity contribution in [3.63, 3.8) is 0 Å². The van der Waals surface area contributed by atoms with Gasteiger partial charge in [-0.1, -0.05) is 22.9 Å². The lowest BCUT2D eigenvalue weighted by molar-refractivity contribution is 0.350. The van der Waals surface area contributed by atoms with E-state index in [-0.39, 0.29) is 17.0 Å². The van der Waals surface area contributed by atoms with Crippen molar-refractivity contribution in [3.8, 4) is 0 Å². The van der Waals surface area contributed by atoms with Crippen LogP contribution in [0.2, 0.25) is 0 Å². The van der Waals surface area contributed by atoms with Crippen LogP contribution in [0, 0.1) is 5.92 Å². The number of halogens is 2. The molecule has 0 aromatic rings. The Bertz CT molecular complexity index is 85.7. The summed E-state index contributed by atoms with van der Waals surface area (Å²) in [6.45, 7) is 6.18. The summed E-state index contributed by atoms with van der Waals surface area (Å²) in [6.07, 6.45) is 1.40. The van der Waals surface area contributed by atoms with Gasteiger partial charge in [0.15, 0.2) is 0 Å². The molecule has 1 rings (SSSR count). The van der Waals surface area contributed by atoms with Crippen LogP contribution in [0.4, 0.5) is 0 Å². The number of hydrogen-bond donors (Lipinski definition) is 0. The average Bonchev–Trinajstić information content (AvgIpc) is 2.17. The number of rotatable bonds is 2. The highest BCUT2D eigenvalue weighted by Gasteiger charge is 2.16. The molecule has 1 aliphatic rings. The van der Waals surface area contributed by atoms with Gasteiger partial charge in [0.2, 0.25) is 0 Å². The van der Waals surface area contributed by atoms with Crippen LogP contribution in [0.15, 0.2) is 0 Å². The molecule has 1 fully saturated rings. The first-order valence-corrected chi connectivity index (χ1v) is 4.73. The fourth-order valence-corrected chi connectivity index (χ4v) is 1.85. The minimum Gasteiger partial charge on any atom is -0.302 e. The lowest BCUT2D eigenvalue weighted by atomic mass is 10.2. The molecule has 1 unspecified atom stereocenters. The van der Waals surface area contributed by atoms with Crippen molar-refractivity contribution < 1.29 is 0 Å². The first-order chi connectivity index (χ1) is 4.33. The molecular formula is C7H15Br2N. The number of alkyl halides is 1. The van der Waals surface area contributed by atoms with Gasteiger partial charge in [0.05, 0.1) is 0 Å². The van der Waals surface area contributed by atoms with Gasteiger partial charge in [-0.2, -0.15) is 0 Å². The lowest BCUT2D eigenvalue weighted by Crippen LogP contribution is -2.22. The molecule has 0 spiro atoms. The van der Waals surface area contributed by atoms with Crippen LogP contribution < -0.4 is 0 Å². The summed E-state index contributed by atoms with van der Waals surface area (Å²) in [5.41, 5.74) is 0. The molecule has 1 saturated heterocycles. The number of likely N-dealkylation sites (tertiary alicyclic amines) is 1. The van der Waals surface area contributed by atoms with Crippen LogP contribution >= 0.6 is 32.9 Å². The predicted octanol–water partition coefficient (Wildman–Crippen LogP) is 2.30. The zero-order chi connectivity index (χ0) is 6.69. The lowest BCUT2D eigenvalue weighted by Gasteiger charge is -2.11. The molecule has 0 aromatic heterocycles. The van der Waals surface area contributed by atoms with E-state index >= 15 is 0 Å². The van der Waals surface area contributed by atoms with E-state index in [2.05, 4.69) is 27.8 Å². The minimum atomic E-state index is 0. The fraction of sp³-hybridized carbons (Fsp3) is 1.00. The quantitative estimate of drug-likeness (QED) is 0.698. The highest BCUT2D eigenvalue weighted by atomic mass is 79.9. The summed E-state index contributed by atoms with van der Waals surface area (Å²) in [5.74, 6) is 0.934. The smallest absolute Gasteiger partial charge is 0.0159 e. The summed E-state index contributed by atoms with van der Waals surface area (Å²) in [4.78, 5) is 2.51. The van der Waals surface area contributed by atoms with Gasteiger partial charge in [0.25, 0.3) is 0 Å². The van der Waals surface area contributed by atoms with Gasteiger partial charge in [0.1, 0.15) is 0 Å². The largest absolute Gasteiger partial charge is 0.302 e. The Morgan fingerprint density at radius 1 is 1.60 bits per heavy atom. The first-order valence-electron chi connectivity index (χ1n) is 3.61. The summed E-state index contributed by atoms with van der Waals surface area (Å²) in [7, 11) is 0. The third-order valence-electron chi connectivity index (χ3n) is 1.91. The van der Waals surface area contributed by atoms with E-state index in [9.17, 15) is 0 Å². The van der Waals surface area contributed by atoms with Crippen LogP contribution in [-0.2, 0) is 0 Å². The van der Waals surface area contributed by atoms with Gasteiger partial charge in [-0.05, 0) is 18.9 Å². The SMILES string of the molecule is Br.CC1CCN(CCBr)C1. The standard InChI is InChI=1S/C7H14BrN.BrH/c1-7-2-4-9(6-7)5-3-8;/h7H,2-6H2,1H3;1H. The van der Waals surface area contributed by atoms with E-state index in [4.69, 9.17) is 0 Å². The van der Waals surface area contributed by atoms with E-state index in [0.717, 1.165) is 11.2 Å². The van der Waals surface area contributed by atoms with Crippen LogP contribution in [0.25, 0.3) is 0 Å². The maximum Gasteiger partial charge on any atom is 0.0159 e. The Morgan fingerprint density at radius 2 is 2.30 bits per heavy atom. The second kappa shape index (κ2) is 5.56. The van der Waals surface area contributed by atoms with Crippen molar-refractivity contribution in [2.45, 2.75) is 13.3 Å². The molecule has 3 heteroatoms. The zero-order valence-corrected chi connectivity index (χ0v) is 9.65. The van der Waals surface area contributed by atoms with Gasteiger partial charge in [-0.3, -0.25) is 0 Å². The van der Waals surface area contributed by atoms with Gasteiger partial charge >= 0.3 is 0 Å². The van der Waals surface area contributed by atoms with E-state index in [0.29, 0.717) is 0 Å². The summed E-state index contributed by atoms with van der Waals surface area (Å²) < 4.78 is 0. The molecule has 0 bridgehead atoms. The van der Waals surface area contributed by atoms with Gasteiger partial charge < -0.3 is 4.90 Å². The average molecular weight is 273 g/mol. The van der Waals surface area contributed by atoms with Crippen LogP contribution in [-0.4, -0.2) is 29.9 Å². The molecule has 0 radical (unpaired) electrons. The second-order valence-corrected chi connectivity index (χ2v) is 3.68. The number of hydrogen-bond acceptors (Lipinski definition) is 1. The number of nitrogens with zero attached hydrogens (tertiary/aromatic N) is 1. The molecule has 0 N–H and O–H groups in total. The predicted molar refractivity (Wildman–Crippen MR) is 54.3 cm³/mol. The topological polar surface area (TPSA) is 3.24 Å².